The fraction of sp³-hybridized carbons (Fsp3) is 0. The van der Waals surface area contributed by atoms with Gasteiger partial charge in [-0.05, 0) is 29.8 Å². The summed E-state index contributed by atoms with van der Waals surface area (Å²) in [7, 11) is 0. The summed E-state index contributed by atoms with van der Waals surface area (Å²) in [5.74, 6) is -0.475. The van der Waals surface area contributed by atoms with E-state index in [1.165, 1.54) is 24.7 Å². The van der Waals surface area contributed by atoms with Gasteiger partial charge in [-0.25, -0.2) is 19.4 Å². The summed E-state index contributed by atoms with van der Waals surface area (Å²) >= 11 is 0. The van der Waals surface area contributed by atoms with Crippen LogP contribution in [0.4, 0.5) is 5.82 Å². The number of carbonyl (C=O) groups is 1. The lowest BCUT2D eigenvalue weighted by atomic mass is 10.1. The molecule has 0 fully saturated rings. The largest absolute Gasteiger partial charge is 0.478 e. The minimum absolute atomic E-state index is 0.201. The molecule has 0 saturated carbocycles. The monoisotopic (exact) mass is 358 g/mol. The fourth-order valence-corrected chi connectivity index (χ4v) is 2.61. The van der Waals surface area contributed by atoms with Gasteiger partial charge in [0.2, 0.25) is 0 Å². The van der Waals surface area contributed by atoms with Crippen LogP contribution in [0.3, 0.4) is 0 Å². The van der Waals surface area contributed by atoms with Crippen molar-refractivity contribution >= 4 is 29.0 Å². The van der Waals surface area contributed by atoms with E-state index in [0.29, 0.717) is 17.0 Å². The van der Waals surface area contributed by atoms with Gasteiger partial charge in [0.15, 0.2) is 11.5 Å². The van der Waals surface area contributed by atoms with Crippen molar-refractivity contribution in [3.05, 3.63) is 78.2 Å². The minimum Gasteiger partial charge on any atom is -0.478 e. The van der Waals surface area contributed by atoms with Crippen LogP contribution in [0, 0.1) is 0 Å². The molecule has 2 aromatic heterocycles. The van der Waals surface area contributed by atoms with E-state index in [2.05, 4.69) is 25.6 Å². The second-order valence-corrected chi connectivity index (χ2v) is 5.65. The third-order valence-electron chi connectivity index (χ3n) is 3.88. The van der Waals surface area contributed by atoms with Gasteiger partial charge < -0.3 is 5.11 Å². The molecular formula is C19H14N6O2. The van der Waals surface area contributed by atoms with Gasteiger partial charge in [-0.2, -0.15) is 10.2 Å². The molecule has 2 aromatic carbocycles. The van der Waals surface area contributed by atoms with Crippen molar-refractivity contribution < 1.29 is 9.90 Å². The van der Waals surface area contributed by atoms with E-state index in [9.17, 15) is 4.79 Å². The second kappa shape index (κ2) is 7.04. The Morgan fingerprint density at radius 3 is 2.78 bits per heavy atom. The van der Waals surface area contributed by atoms with Crippen LogP contribution in [-0.2, 0) is 0 Å². The molecule has 0 aliphatic rings. The number of aromatic nitrogens is 4. The molecule has 0 unspecified atom stereocenters. The summed E-state index contributed by atoms with van der Waals surface area (Å²) in [4.78, 5) is 19.5. The van der Waals surface area contributed by atoms with Crippen LogP contribution in [-0.4, -0.2) is 37.0 Å². The molecule has 2 N–H and O–H groups in total. The number of benzene rings is 2. The maximum Gasteiger partial charge on any atom is 0.335 e. The molecule has 4 aromatic rings. The van der Waals surface area contributed by atoms with Crippen LogP contribution in [0.15, 0.2) is 72.2 Å². The molecule has 132 valence electrons. The third-order valence-corrected chi connectivity index (χ3v) is 3.88. The number of hydrogen-bond donors (Lipinski definition) is 2. The Kier molecular flexibility index (Phi) is 4.28. The number of rotatable bonds is 5. The second-order valence-electron chi connectivity index (χ2n) is 5.65. The molecule has 0 aliphatic carbocycles. The number of carboxylic acids is 1. The Morgan fingerprint density at radius 1 is 1.11 bits per heavy atom. The van der Waals surface area contributed by atoms with Crippen molar-refractivity contribution in [2.45, 2.75) is 0 Å². The molecule has 0 atom stereocenters. The van der Waals surface area contributed by atoms with E-state index >= 15 is 0 Å². The number of para-hydroxylation sites is 1. The first-order valence-corrected chi connectivity index (χ1v) is 8.09. The van der Waals surface area contributed by atoms with E-state index in [4.69, 9.17) is 5.11 Å². The molecule has 4 rings (SSSR count). The molecule has 27 heavy (non-hydrogen) atoms. The number of hydrogen-bond acceptors (Lipinski definition) is 6. The number of anilines is 1. The number of fused-ring (bicyclic) bond motifs is 1. The Balaban J connectivity index is 1.61. The first-order chi connectivity index (χ1) is 13.2. The Morgan fingerprint density at radius 2 is 1.96 bits per heavy atom. The van der Waals surface area contributed by atoms with Crippen LogP contribution < -0.4 is 5.43 Å². The van der Waals surface area contributed by atoms with E-state index < -0.39 is 5.97 Å². The number of nitrogens with zero attached hydrogens (tertiary/aromatic N) is 5. The zero-order valence-corrected chi connectivity index (χ0v) is 14.0. The topological polar surface area (TPSA) is 105 Å². The maximum atomic E-state index is 11.0. The Hall–Kier alpha value is -4.07. The van der Waals surface area contributed by atoms with Crippen molar-refractivity contribution in [2.24, 2.45) is 5.10 Å². The quantitative estimate of drug-likeness (QED) is 0.420. The van der Waals surface area contributed by atoms with Gasteiger partial charge in [-0.1, -0.05) is 30.3 Å². The zero-order chi connectivity index (χ0) is 18.6. The van der Waals surface area contributed by atoms with E-state index in [-0.39, 0.29) is 5.56 Å². The summed E-state index contributed by atoms with van der Waals surface area (Å²) in [5.41, 5.74) is 5.28. The van der Waals surface area contributed by atoms with E-state index in [1.807, 2.05) is 30.3 Å². The molecule has 2 heterocycles. The van der Waals surface area contributed by atoms with Gasteiger partial charge in [0.1, 0.15) is 6.33 Å². The molecule has 8 nitrogen and oxygen atoms in total. The van der Waals surface area contributed by atoms with Gasteiger partial charge in [0.05, 0.1) is 29.0 Å². The molecule has 0 radical (unpaired) electrons. The fourth-order valence-electron chi connectivity index (χ4n) is 2.61. The average Bonchev–Trinajstić information content (AvgIpc) is 3.14. The van der Waals surface area contributed by atoms with Crippen molar-refractivity contribution in [3.63, 3.8) is 0 Å². The lowest BCUT2D eigenvalue weighted by molar-refractivity contribution is 0.0697. The van der Waals surface area contributed by atoms with Crippen molar-refractivity contribution in [2.75, 3.05) is 5.43 Å². The van der Waals surface area contributed by atoms with Gasteiger partial charge in [0, 0.05) is 0 Å². The summed E-state index contributed by atoms with van der Waals surface area (Å²) < 4.78 is 1.72. The van der Waals surface area contributed by atoms with Crippen LogP contribution in [0.5, 0.6) is 0 Å². The van der Waals surface area contributed by atoms with Crippen LogP contribution in [0.2, 0.25) is 0 Å². The van der Waals surface area contributed by atoms with Crippen molar-refractivity contribution in [1.29, 1.82) is 0 Å². The highest BCUT2D eigenvalue weighted by molar-refractivity contribution is 5.91. The first-order valence-electron chi connectivity index (χ1n) is 8.09. The van der Waals surface area contributed by atoms with Crippen LogP contribution >= 0.6 is 0 Å². The normalized spacial score (nSPS) is 11.1. The van der Waals surface area contributed by atoms with E-state index in [0.717, 1.165) is 11.1 Å². The van der Waals surface area contributed by atoms with Crippen LogP contribution in [0.25, 0.3) is 16.7 Å². The molecule has 0 spiro atoms. The highest BCUT2D eigenvalue weighted by Gasteiger charge is 2.10. The molecule has 0 amide bonds. The SMILES string of the molecule is O=C(O)c1cccc(/C=N\Nc2ncnc3c2cnn3-c2ccccc2)c1. The number of hydrazone groups is 1. The van der Waals surface area contributed by atoms with E-state index in [1.54, 1.807) is 23.0 Å². The molecular weight excluding hydrogens is 344 g/mol. The lowest BCUT2D eigenvalue weighted by Crippen LogP contribution is -2.00. The zero-order valence-electron chi connectivity index (χ0n) is 14.0. The smallest absolute Gasteiger partial charge is 0.335 e. The number of nitrogens with one attached hydrogen (secondary N) is 1. The molecule has 8 heteroatoms. The molecule has 0 bridgehead atoms. The summed E-state index contributed by atoms with van der Waals surface area (Å²) in [6.45, 7) is 0. The van der Waals surface area contributed by atoms with Crippen LogP contribution in [0.1, 0.15) is 15.9 Å². The van der Waals surface area contributed by atoms with Crippen molar-refractivity contribution in [1.82, 2.24) is 19.7 Å². The Labute approximate surface area is 153 Å². The summed E-state index contributed by atoms with van der Waals surface area (Å²) in [6.07, 6.45) is 4.64. The number of carboxylic acid groups (broad SMARTS) is 1. The maximum absolute atomic E-state index is 11.0. The molecule has 0 saturated heterocycles. The van der Waals surface area contributed by atoms with Gasteiger partial charge >= 0.3 is 5.97 Å². The lowest BCUT2D eigenvalue weighted by Gasteiger charge is -2.03. The average molecular weight is 358 g/mol. The predicted molar refractivity (Wildman–Crippen MR) is 101 cm³/mol. The number of aromatic carboxylic acids is 1. The first kappa shape index (κ1) is 16.4. The predicted octanol–water partition coefficient (Wildman–Crippen LogP) is 2.96. The van der Waals surface area contributed by atoms with Gasteiger partial charge in [0.25, 0.3) is 0 Å². The standard InChI is InChI=1S/C19H14N6O2/c26-19(27)14-6-4-5-13(9-14)10-22-24-17-16-11-23-25(18(16)21-12-20-17)15-7-2-1-3-8-15/h1-12H,(H,26,27)(H,20,21,24)/b22-10-. The summed E-state index contributed by atoms with van der Waals surface area (Å²) in [5, 5.41) is 18.3. The summed E-state index contributed by atoms with van der Waals surface area (Å²) in [6, 6.07) is 16.2. The van der Waals surface area contributed by atoms with Gasteiger partial charge in [-0.15, -0.1) is 0 Å². The highest BCUT2D eigenvalue weighted by atomic mass is 16.4. The Bertz CT molecular complexity index is 1140. The van der Waals surface area contributed by atoms with Gasteiger partial charge in [-0.3, -0.25) is 5.43 Å². The molecule has 0 aliphatic heterocycles. The highest BCUT2D eigenvalue weighted by Crippen LogP contribution is 2.21. The minimum atomic E-state index is -0.982. The third kappa shape index (κ3) is 3.36. The van der Waals surface area contributed by atoms with Crippen molar-refractivity contribution in [3.8, 4) is 5.69 Å².